The van der Waals surface area contributed by atoms with Crippen molar-refractivity contribution in [2.75, 3.05) is 0 Å². The molecule has 1 aromatic rings. The maximum Gasteiger partial charge on any atom is 0.0570 e. The first-order valence-corrected chi connectivity index (χ1v) is 4.86. The summed E-state index contributed by atoms with van der Waals surface area (Å²) < 4.78 is 0. The minimum absolute atomic E-state index is 0. The van der Waals surface area contributed by atoms with Crippen molar-refractivity contribution in [3.8, 4) is 0 Å². The molecule has 0 aromatic carbocycles. The Balaban J connectivity index is 0.00000169. The summed E-state index contributed by atoms with van der Waals surface area (Å²) in [6.07, 6.45) is 3.98. The average molecular weight is 215 g/mol. The summed E-state index contributed by atoms with van der Waals surface area (Å²) in [7, 11) is 0. The fourth-order valence-corrected chi connectivity index (χ4v) is 1.26. The van der Waals surface area contributed by atoms with E-state index in [2.05, 4.69) is 18.8 Å². The van der Waals surface area contributed by atoms with Crippen molar-refractivity contribution in [1.29, 1.82) is 0 Å². The van der Waals surface area contributed by atoms with Gasteiger partial charge in [0.2, 0.25) is 0 Å². The van der Waals surface area contributed by atoms with Gasteiger partial charge in [0, 0.05) is 12.2 Å². The topological polar surface area (TPSA) is 38.9 Å². The van der Waals surface area contributed by atoms with Crippen LogP contribution in [-0.4, -0.2) is 4.98 Å². The first-order chi connectivity index (χ1) is 6.20. The number of hydrogen-bond acceptors (Lipinski definition) is 2. The highest BCUT2D eigenvalue weighted by Crippen LogP contribution is 2.15. The molecule has 0 saturated heterocycles. The van der Waals surface area contributed by atoms with E-state index in [9.17, 15) is 0 Å². The molecule has 0 saturated carbocycles. The van der Waals surface area contributed by atoms with E-state index in [1.54, 1.807) is 6.20 Å². The van der Waals surface area contributed by atoms with Gasteiger partial charge in [-0.3, -0.25) is 4.98 Å². The molecule has 0 aliphatic carbocycles. The highest BCUT2D eigenvalue weighted by Gasteiger charge is 2.06. The van der Waals surface area contributed by atoms with Gasteiger partial charge >= 0.3 is 0 Å². The summed E-state index contributed by atoms with van der Waals surface area (Å²) in [5.74, 6) is 0.717. The highest BCUT2D eigenvalue weighted by molar-refractivity contribution is 5.85. The van der Waals surface area contributed by atoms with Crippen LogP contribution in [-0.2, 0) is 0 Å². The molecular formula is C11H19ClN2. The smallest absolute Gasteiger partial charge is 0.0570 e. The van der Waals surface area contributed by atoms with Crippen molar-refractivity contribution < 1.29 is 0 Å². The predicted octanol–water partition coefficient (Wildman–Crippen LogP) is 2.94. The van der Waals surface area contributed by atoms with Crippen LogP contribution in [0.3, 0.4) is 0 Å². The maximum atomic E-state index is 5.98. The van der Waals surface area contributed by atoms with E-state index in [0.717, 1.165) is 24.5 Å². The number of nitrogens with zero attached hydrogens (tertiary/aromatic N) is 1. The summed E-state index contributed by atoms with van der Waals surface area (Å²) in [6, 6.07) is 5.99. The van der Waals surface area contributed by atoms with Gasteiger partial charge in [0.15, 0.2) is 0 Å². The molecule has 1 rings (SSSR count). The normalized spacial score (nSPS) is 12.3. The molecule has 2 N–H and O–H groups in total. The van der Waals surface area contributed by atoms with E-state index in [1.165, 1.54) is 0 Å². The summed E-state index contributed by atoms with van der Waals surface area (Å²) in [5, 5.41) is 0. The molecule has 0 aliphatic heterocycles. The Hall–Kier alpha value is -0.600. The Morgan fingerprint density at radius 2 is 2.00 bits per heavy atom. The zero-order valence-corrected chi connectivity index (χ0v) is 9.63. The molecule has 14 heavy (non-hydrogen) atoms. The molecule has 1 aromatic heterocycles. The van der Waals surface area contributed by atoms with Crippen LogP contribution in [0.1, 0.15) is 38.4 Å². The van der Waals surface area contributed by atoms with Gasteiger partial charge in [-0.2, -0.15) is 0 Å². The van der Waals surface area contributed by atoms with Crippen molar-refractivity contribution >= 4 is 12.4 Å². The van der Waals surface area contributed by atoms with Crippen LogP contribution in [0.25, 0.3) is 0 Å². The Morgan fingerprint density at radius 3 is 2.50 bits per heavy atom. The molecule has 0 bridgehead atoms. The zero-order chi connectivity index (χ0) is 9.68. The summed E-state index contributed by atoms with van der Waals surface area (Å²) in [6.45, 7) is 4.43. The minimum atomic E-state index is 0. The van der Waals surface area contributed by atoms with Gasteiger partial charge in [0.1, 0.15) is 0 Å². The first kappa shape index (κ1) is 13.4. The van der Waals surface area contributed by atoms with Crippen LogP contribution in [0.15, 0.2) is 24.4 Å². The molecule has 2 nitrogen and oxygen atoms in total. The Bertz CT molecular complexity index is 236. The van der Waals surface area contributed by atoms with Crippen molar-refractivity contribution in [3.05, 3.63) is 30.1 Å². The van der Waals surface area contributed by atoms with Gasteiger partial charge in [0.25, 0.3) is 0 Å². The van der Waals surface area contributed by atoms with Gasteiger partial charge in [-0.15, -0.1) is 12.4 Å². The number of pyridine rings is 1. The Kier molecular flexibility index (Phi) is 6.50. The van der Waals surface area contributed by atoms with Gasteiger partial charge < -0.3 is 5.73 Å². The zero-order valence-electron chi connectivity index (χ0n) is 8.81. The van der Waals surface area contributed by atoms with Crippen LogP contribution < -0.4 is 5.73 Å². The number of nitrogens with two attached hydrogens (primary N) is 1. The molecule has 0 radical (unpaired) electrons. The fourth-order valence-electron chi connectivity index (χ4n) is 1.26. The molecule has 0 spiro atoms. The largest absolute Gasteiger partial charge is 0.323 e. The number of rotatable bonds is 4. The molecule has 1 heterocycles. The molecule has 0 aliphatic rings. The van der Waals surface area contributed by atoms with Crippen LogP contribution in [0, 0.1) is 5.92 Å². The van der Waals surface area contributed by atoms with Crippen LogP contribution in [0.4, 0.5) is 0 Å². The summed E-state index contributed by atoms with van der Waals surface area (Å²) in [5.41, 5.74) is 6.98. The molecule has 0 fully saturated rings. The second-order valence-electron chi connectivity index (χ2n) is 3.83. The van der Waals surface area contributed by atoms with Gasteiger partial charge in [0.05, 0.1) is 5.69 Å². The lowest BCUT2D eigenvalue weighted by molar-refractivity contribution is 0.501. The van der Waals surface area contributed by atoms with E-state index in [-0.39, 0.29) is 18.4 Å². The van der Waals surface area contributed by atoms with E-state index in [1.807, 2.05) is 18.2 Å². The SMILES string of the molecule is CC(C)CC[C@@H](N)c1ccccn1.Cl. The Labute approximate surface area is 92.3 Å². The van der Waals surface area contributed by atoms with Crippen LogP contribution in [0.5, 0.6) is 0 Å². The van der Waals surface area contributed by atoms with E-state index in [4.69, 9.17) is 5.73 Å². The lowest BCUT2D eigenvalue weighted by Gasteiger charge is -2.11. The van der Waals surface area contributed by atoms with Crippen LogP contribution in [0.2, 0.25) is 0 Å². The van der Waals surface area contributed by atoms with Gasteiger partial charge in [-0.1, -0.05) is 19.9 Å². The third-order valence-corrected chi connectivity index (χ3v) is 2.12. The Morgan fingerprint density at radius 1 is 1.29 bits per heavy atom. The molecule has 3 heteroatoms. The predicted molar refractivity (Wildman–Crippen MR) is 62.5 cm³/mol. The first-order valence-electron chi connectivity index (χ1n) is 4.86. The third kappa shape index (κ3) is 4.58. The number of halogens is 1. The van der Waals surface area contributed by atoms with Gasteiger partial charge in [-0.25, -0.2) is 0 Å². The van der Waals surface area contributed by atoms with E-state index in [0.29, 0.717) is 0 Å². The summed E-state index contributed by atoms with van der Waals surface area (Å²) >= 11 is 0. The average Bonchev–Trinajstić information content (AvgIpc) is 2.15. The van der Waals surface area contributed by atoms with Gasteiger partial charge in [-0.05, 0) is 30.9 Å². The molecular weight excluding hydrogens is 196 g/mol. The van der Waals surface area contributed by atoms with E-state index >= 15 is 0 Å². The second kappa shape index (κ2) is 6.80. The lowest BCUT2D eigenvalue weighted by Crippen LogP contribution is -2.12. The fraction of sp³-hybridized carbons (Fsp3) is 0.545. The summed E-state index contributed by atoms with van der Waals surface area (Å²) in [4.78, 5) is 4.23. The molecule has 0 unspecified atom stereocenters. The van der Waals surface area contributed by atoms with Crippen molar-refractivity contribution in [3.63, 3.8) is 0 Å². The molecule has 0 amide bonds. The van der Waals surface area contributed by atoms with Crippen LogP contribution >= 0.6 is 12.4 Å². The highest BCUT2D eigenvalue weighted by atomic mass is 35.5. The standard InChI is InChI=1S/C11H18N2.ClH/c1-9(2)6-7-10(12)11-5-3-4-8-13-11;/h3-5,8-10H,6-7,12H2,1-2H3;1H/t10-;/m1./s1. The second-order valence-corrected chi connectivity index (χ2v) is 3.83. The van der Waals surface area contributed by atoms with E-state index < -0.39 is 0 Å². The monoisotopic (exact) mass is 214 g/mol. The van der Waals surface area contributed by atoms with Crippen molar-refractivity contribution in [1.82, 2.24) is 4.98 Å². The molecule has 80 valence electrons. The third-order valence-electron chi connectivity index (χ3n) is 2.12. The van der Waals surface area contributed by atoms with Crippen molar-refractivity contribution in [2.45, 2.75) is 32.7 Å². The maximum absolute atomic E-state index is 5.98. The quantitative estimate of drug-likeness (QED) is 0.837. The lowest BCUT2D eigenvalue weighted by atomic mass is 10.0. The molecule has 1 atom stereocenters. The van der Waals surface area contributed by atoms with Crippen molar-refractivity contribution in [2.24, 2.45) is 11.7 Å². The number of aromatic nitrogens is 1. The minimum Gasteiger partial charge on any atom is -0.323 e. The number of hydrogen-bond donors (Lipinski definition) is 1.